The van der Waals surface area contributed by atoms with Gasteiger partial charge >= 0.3 is 5.97 Å². The van der Waals surface area contributed by atoms with Crippen molar-refractivity contribution in [2.45, 2.75) is 57.3 Å². The third-order valence-electron chi connectivity index (χ3n) is 5.78. The number of carbonyl (C=O) groups is 4. The molecule has 2 rings (SSSR count). The number of hydrogen-bond acceptors (Lipinski definition) is 7. The van der Waals surface area contributed by atoms with E-state index in [4.69, 9.17) is 5.73 Å². The zero-order valence-corrected chi connectivity index (χ0v) is 21.5. The van der Waals surface area contributed by atoms with Crippen molar-refractivity contribution in [3.8, 4) is 5.75 Å². The molecule has 0 spiro atoms. The average Bonchev–Trinajstić information content (AvgIpc) is 2.87. The van der Waals surface area contributed by atoms with Crippen LogP contribution in [0.4, 0.5) is 0 Å². The number of carboxylic acid groups (broad SMARTS) is 1. The van der Waals surface area contributed by atoms with E-state index >= 15 is 0 Å². The van der Waals surface area contributed by atoms with Crippen LogP contribution in [0, 0.1) is 5.92 Å². The van der Waals surface area contributed by atoms with Crippen LogP contribution in [0.5, 0.6) is 5.75 Å². The maximum absolute atomic E-state index is 13.0. The summed E-state index contributed by atoms with van der Waals surface area (Å²) in [6, 6.07) is 10.2. The van der Waals surface area contributed by atoms with Crippen LogP contribution in [0.1, 0.15) is 31.4 Å². The number of phenols is 1. The molecule has 38 heavy (non-hydrogen) atoms. The second kappa shape index (κ2) is 14.7. The molecule has 0 bridgehead atoms. The van der Waals surface area contributed by atoms with Gasteiger partial charge in [0.15, 0.2) is 0 Å². The lowest BCUT2D eigenvalue weighted by Gasteiger charge is -2.25. The lowest BCUT2D eigenvalue weighted by Crippen LogP contribution is -2.58. The van der Waals surface area contributed by atoms with Gasteiger partial charge in [-0.05, 0) is 42.0 Å². The molecular formula is C27H36N4O7. The second-order valence-corrected chi connectivity index (χ2v) is 9.50. The summed E-state index contributed by atoms with van der Waals surface area (Å²) in [4.78, 5) is 50.2. The Morgan fingerprint density at radius 3 is 1.84 bits per heavy atom. The summed E-state index contributed by atoms with van der Waals surface area (Å²) < 4.78 is 0. The van der Waals surface area contributed by atoms with Gasteiger partial charge in [0.1, 0.15) is 23.9 Å². The fourth-order valence-electron chi connectivity index (χ4n) is 3.75. The fourth-order valence-corrected chi connectivity index (χ4v) is 3.75. The molecule has 2 aromatic rings. The summed E-state index contributed by atoms with van der Waals surface area (Å²) in [5, 5.41) is 36.1. The zero-order valence-electron chi connectivity index (χ0n) is 21.5. The first-order chi connectivity index (χ1) is 18.0. The van der Waals surface area contributed by atoms with E-state index in [1.807, 2.05) is 13.8 Å². The van der Waals surface area contributed by atoms with E-state index in [0.29, 0.717) is 5.56 Å². The predicted molar refractivity (Wildman–Crippen MR) is 140 cm³/mol. The van der Waals surface area contributed by atoms with Gasteiger partial charge in [-0.2, -0.15) is 0 Å². The van der Waals surface area contributed by atoms with E-state index in [-0.39, 0.29) is 30.9 Å². The lowest BCUT2D eigenvalue weighted by molar-refractivity contribution is -0.142. The minimum absolute atomic E-state index is 0.0111. The molecule has 8 N–H and O–H groups in total. The van der Waals surface area contributed by atoms with Crippen LogP contribution in [0.15, 0.2) is 54.6 Å². The van der Waals surface area contributed by atoms with Gasteiger partial charge in [0.2, 0.25) is 17.7 Å². The Bertz CT molecular complexity index is 1080. The van der Waals surface area contributed by atoms with Gasteiger partial charge < -0.3 is 37.0 Å². The van der Waals surface area contributed by atoms with Crippen LogP contribution in [0.25, 0.3) is 0 Å². The minimum Gasteiger partial charge on any atom is -0.508 e. The molecule has 2 aromatic carbocycles. The van der Waals surface area contributed by atoms with E-state index < -0.39 is 54.5 Å². The number of hydrogen-bond donors (Lipinski definition) is 7. The number of nitrogens with two attached hydrogens (primary N) is 1. The smallest absolute Gasteiger partial charge is 0.326 e. The Morgan fingerprint density at radius 1 is 0.763 bits per heavy atom. The average molecular weight is 529 g/mol. The van der Waals surface area contributed by atoms with Gasteiger partial charge in [-0.3, -0.25) is 14.4 Å². The predicted octanol–water partition coefficient (Wildman–Crippen LogP) is 0.0821. The normalized spacial score (nSPS) is 14.1. The molecule has 0 aliphatic rings. The molecule has 11 nitrogen and oxygen atoms in total. The van der Waals surface area contributed by atoms with Gasteiger partial charge in [0.05, 0.1) is 12.6 Å². The van der Waals surface area contributed by atoms with Crippen LogP contribution in [0.3, 0.4) is 0 Å². The van der Waals surface area contributed by atoms with E-state index in [1.165, 1.54) is 12.1 Å². The molecule has 0 aliphatic heterocycles. The molecule has 206 valence electrons. The summed E-state index contributed by atoms with van der Waals surface area (Å²) in [5.41, 5.74) is 7.43. The molecule has 0 aliphatic carbocycles. The van der Waals surface area contributed by atoms with E-state index in [2.05, 4.69) is 16.0 Å². The number of benzene rings is 2. The number of aromatic hydroxyl groups is 1. The first-order valence-corrected chi connectivity index (χ1v) is 12.3. The number of aliphatic carboxylic acids is 1. The highest BCUT2D eigenvalue weighted by Crippen LogP contribution is 2.12. The van der Waals surface area contributed by atoms with Gasteiger partial charge in [0, 0.05) is 6.42 Å². The first kappa shape index (κ1) is 30.3. The van der Waals surface area contributed by atoms with Crippen molar-refractivity contribution in [1.29, 1.82) is 0 Å². The highest BCUT2D eigenvalue weighted by molar-refractivity contribution is 5.94. The zero-order chi connectivity index (χ0) is 28.2. The molecule has 0 heterocycles. The van der Waals surface area contributed by atoms with Crippen LogP contribution in [0.2, 0.25) is 0 Å². The molecule has 0 unspecified atom stereocenters. The number of rotatable bonds is 14. The number of carboxylic acids is 1. The van der Waals surface area contributed by atoms with Crippen molar-refractivity contribution in [3.63, 3.8) is 0 Å². The maximum Gasteiger partial charge on any atom is 0.326 e. The summed E-state index contributed by atoms with van der Waals surface area (Å²) in [7, 11) is 0. The Morgan fingerprint density at radius 2 is 1.29 bits per heavy atom. The molecule has 0 fully saturated rings. The maximum atomic E-state index is 13.0. The van der Waals surface area contributed by atoms with E-state index in [0.717, 1.165) is 5.56 Å². The topological polar surface area (TPSA) is 191 Å². The molecule has 4 atom stereocenters. The highest BCUT2D eigenvalue weighted by Gasteiger charge is 2.30. The number of carbonyl (C=O) groups excluding carboxylic acids is 3. The van der Waals surface area contributed by atoms with Crippen molar-refractivity contribution in [2.24, 2.45) is 11.7 Å². The molecule has 0 aromatic heterocycles. The van der Waals surface area contributed by atoms with Crippen LogP contribution in [-0.4, -0.2) is 69.8 Å². The van der Waals surface area contributed by atoms with E-state index in [9.17, 15) is 34.5 Å². The highest BCUT2D eigenvalue weighted by atomic mass is 16.4. The van der Waals surface area contributed by atoms with Crippen LogP contribution >= 0.6 is 0 Å². The van der Waals surface area contributed by atoms with Gasteiger partial charge in [-0.1, -0.05) is 56.3 Å². The molecule has 3 amide bonds. The van der Waals surface area contributed by atoms with Crippen molar-refractivity contribution in [2.75, 3.05) is 6.61 Å². The molecule has 0 saturated carbocycles. The van der Waals surface area contributed by atoms with Crippen LogP contribution in [-0.2, 0) is 32.0 Å². The quantitative estimate of drug-likeness (QED) is 0.179. The summed E-state index contributed by atoms with van der Waals surface area (Å²) in [6.07, 6.45) is 0.412. The van der Waals surface area contributed by atoms with Crippen molar-refractivity contribution < 1.29 is 34.5 Å². The molecular weight excluding hydrogens is 492 g/mol. The van der Waals surface area contributed by atoms with Gasteiger partial charge in [-0.15, -0.1) is 0 Å². The summed E-state index contributed by atoms with van der Waals surface area (Å²) >= 11 is 0. The summed E-state index contributed by atoms with van der Waals surface area (Å²) in [5.74, 6) is -3.37. The van der Waals surface area contributed by atoms with Crippen molar-refractivity contribution >= 4 is 23.7 Å². The molecule has 0 radical (unpaired) electrons. The standard InChI is InChI=1S/C27H36N4O7/c1-16(2)12-21(29-24(34)20(28)13-18-8-10-19(33)11-9-18)25(35)31-23(15-32)26(36)30-22(27(37)38)14-17-6-4-3-5-7-17/h3-11,16,20-23,32-33H,12-15,28H2,1-2H3,(H,29,34)(H,30,36)(H,31,35)(H,37,38)/t20-,21-,22-,23-/m0/s1. The monoisotopic (exact) mass is 528 g/mol. The minimum atomic E-state index is -1.43. The van der Waals surface area contributed by atoms with Crippen LogP contribution < -0.4 is 21.7 Å². The van der Waals surface area contributed by atoms with E-state index in [1.54, 1.807) is 42.5 Å². The largest absolute Gasteiger partial charge is 0.508 e. The van der Waals surface area contributed by atoms with Gasteiger partial charge in [-0.25, -0.2) is 4.79 Å². The number of amides is 3. The SMILES string of the molecule is CC(C)C[C@H](NC(=O)[C@@H](N)Cc1ccc(O)cc1)C(=O)N[C@@H](CO)C(=O)N[C@@H](Cc1ccccc1)C(=O)O. The number of aliphatic hydroxyl groups is 1. The Kier molecular flexibility index (Phi) is 11.7. The van der Waals surface area contributed by atoms with Gasteiger partial charge in [0.25, 0.3) is 0 Å². The van der Waals surface area contributed by atoms with Crippen molar-refractivity contribution in [3.05, 3.63) is 65.7 Å². The molecule has 11 heteroatoms. The lowest BCUT2D eigenvalue weighted by atomic mass is 10.0. The third kappa shape index (κ3) is 9.83. The second-order valence-electron chi connectivity index (χ2n) is 9.50. The Hall–Kier alpha value is -3.96. The first-order valence-electron chi connectivity index (χ1n) is 12.3. The van der Waals surface area contributed by atoms with Crippen molar-refractivity contribution in [1.82, 2.24) is 16.0 Å². The number of nitrogens with one attached hydrogen (secondary N) is 3. The molecule has 0 saturated heterocycles. The number of aliphatic hydroxyl groups excluding tert-OH is 1. The fraction of sp³-hybridized carbons (Fsp3) is 0.407. The summed E-state index contributed by atoms with van der Waals surface area (Å²) in [6.45, 7) is 2.91. The third-order valence-corrected chi connectivity index (χ3v) is 5.78. The Balaban J connectivity index is 2.04. The number of phenolic OH excluding ortho intramolecular Hbond substituents is 1. The Labute approximate surface area is 221 Å².